The second-order valence-electron chi connectivity index (χ2n) is 6.25. The Balaban J connectivity index is 1.66. The lowest BCUT2D eigenvalue weighted by molar-refractivity contribution is 0.0558. The largest absolute Gasteiger partial charge is 0.382 e. The summed E-state index contributed by atoms with van der Waals surface area (Å²) in [7, 11) is 1.72. The van der Waals surface area contributed by atoms with Crippen molar-refractivity contribution in [3.05, 3.63) is 0 Å². The van der Waals surface area contributed by atoms with Gasteiger partial charge in [0.05, 0.1) is 13.2 Å². The van der Waals surface area contributed by atoms with Crippen LogP contribution in [-0.2, 0) is 9.47 Å². The molecule has 2 aliphatic rings. The Kier molecular flexibility index (Phi) is 7.28. The maximum Gasteiger partial charge on any atom is 0.0700 e. The van der Waals surface area contributed by atoms with Crippen molar-refractivity contribution in [2.45, 2.75) is 51.1 Å². The topological polar surface area (TPSA) is 33.7 Å². The molecule has 1 heterocycles. The molecule has 2 fully saturated rings. The molecule has 20 heavy (non-hydrogen) atoms. The van der Waals surface area contributed by atoms with Gasteiger partial charge in [-0.1, -0.05) is 13.3 Å². The van der Waals surface area contributed by atoms with E-state index in [9.17, 15) is 0 Å². The lowest BCUT2D eigenvalue weighted by Gasteiger charge is -2.40. The van der Waals surface area contributed by atoms with Crippen LogP contribution in [-0.4, -0.2) is 63.5 Å². The standard InChI is InChI=1S/C16H32N2O2/c1-3-5-15-12-17-16(14-6-7-14)13-18(15)8-4-9-20-11-10-19-2/h14-17H,3-13H2,1-2H3. The molecular weight excluding hydrogens is 252 g/mol. The van der Waals surface area contributed by atoms with Gasteiger partial charge in [0.2, 0.25) is 0 Å². The van der Waals surface area contributed by atoms with Gasteiger partial charge in [0, 0.05) is 45.4 Å². The lowest BCUT2D eigenvalue weighted by Crippen LogP contribution is -2.57. The van der Waals surface area contributed by atoms with Gasteiger partial charge in [-0.15, -0.1) is 0 Å². The fourth-order valence-corrected chi connectivity index (χ4v) is 3.20. The van der Waals surface area contributed by atoms with E-state index in [1.807, 2.05) is 0 Å². The normalized spacial score (nSPS) is 27.9. The Morgan fingerprint density at radius 2 is 2.05 bits per heavy atom. The van der Waals surface area contributed by atoms with Gasteiger partial charge >= 0.3 is 0 Å². The first-order valence-corrected chi connectivity index (χ1v) is 8.39. The van der Waals surface area contributed by atoms with Crippen molar-refractivity contribution in [2.75, 3.05) is 46.6 Å². The predicted octanol–water partition coefficient (Wildman–Crippen LogP) is 1.89. The Hall–Kier alpha value is -0.160. The highest BCUT2D eigenvalue weighted by Crippen LogP contribution is 2.34. The summed E-state index contributed by atoms with van der Waals surface area (Å²) in [6.07, 6.45) is 6.60. The highest BCUT2D eigenvalue weighted by molar-refractivity contribution is 4.94. The van der Waals surface area contributed by atoms with Gasteiger partial charge in [-0.3, -0.25) is 4.90 Å². The molecule has 1 saturated carbocycles. The van der Waals surface area contributed by atoms with Crippen LogP contribution in [0.1, 0.15) is 39.0 Å². The van der Waals surface area contributed by atoms with Crippen molar-refractivity contribution in [2.24, 2.45) is 5.92 Å². The van der Waals surface area contributed by atoms with Crippen LogP contribution >= 0.6 is 0 Å². The minimum Gasteiger partial charge on any atom is -0.382 e. The number of nitrogens with one attached hydrogen (secondary N) is 1. The summed E-state index contributed by atoms with van der Waals surface area (Å²) < 4.78 is 10.6. The maximum atomic E-state index is 5.58. The van der Waals surface area contributed by atoms with Gasteiger partial charge in [-0.25, -0.2) is 0 Å². The van der Waals surface area contributed by atoms with Crippen molar-refractivity contribution in [1.29, 1.82) is 0 Å². The summed E-state index contributed by atoms with van der Waals surface area (Å²) in [4.78, 5) is 2.71. The molecule has 0 bridgehead atoms. The molecule has 4 heteroatoms. The van der Waals surface area contributed by atoms with Crippen LogP contribution in [0.3, 0.4) is 0 Å². The van der Waals surface area contributed by atoms with Crippen molar-refractivity contribution in [3.8, 4) is 0 Å². The average molecular weight is 284 g/mol. The van der Waals surface area contributed by atoms with Crippen LogP contribution in [0.4, 0.5) is 0 Å². The van der Waals surface area contributed by atoms with E-state index in [0.717, 1.165) is 37.6 Å². The maximum absolute atomic E-state index is 5.58. The molecule has 118 valence electrons. The van der Waals surface area contributed by atoms with Crippen LogP contribution in [0.25, 0.3) is 0 Å². The lowest BCUT2D eigenvalue weighted by atomic mass is 10.0. The minimum absolute atomic E-state index is 0.704. The highest BCUT2D eigenvalue weighted by atomic mass is 16.5. The number of hydrogen-bond acceptors (Lipinski definition) is 4. The van der Waals surface area contributed by atoms with Crippen molar-refractivity contribution < 1.29 is 9.47 Å². The molecule has 4 nitrogen and oxygen atoms in total. The molecule has 0 radical (unpaired) electrons. The molecule has 0 aromatic rings. The molecule has 1 aliphatic carbocycles. The molecule has 1 aliphatic heterocycles. The van der Waals surface area contributed by atoms with Crippen LogP contribution < -0.4 is 5.32 Å². The summed E-state index contributed by atoms with van der Waals surface area (Å²) in [6, 6.07) is 1.48. The summed E-state index contributed by atoms with van der Waals surface area (Å²) >= 11 is 0. The molecule has 1 saturated heterocycles. The summed E-state index contributed by atoms with van der Waals surface area (Å²) in [5, 5.41) is 3.77. The Bertz CT molecular complexity index is 259. The first kappa shape index (κ1) is 16.2. The first-order valence-electron chi connectivity index (χ1n) is 8.39. The quantitative estimate of drug-likeness (QED) is 0.621. The zero-order valence-electron chi connectivity index (χ0n) is 13.3. The number of methoxy groups -OCH3 is 1. The minimum atomic E-state index is 0.704. The molecule has 1 N–H and O–H groups in total. The zero-order valence-corrected chi connectivity index (χ0v) is 13.3. The van der Waals surface area contributed by atoms with Crippen LogP contribution in [0.2, 0.25) is 0 Å². The Morgan fingerprint density at radius 3 is 2.75 bits per heavy atom. The van der Waals surface area contributed by atoms with Crippen LogP contribution in [0.5, 0.6) is 0 Å². The van der Waals surface area contributed by atoms with E-state index < -0.39 is 0 Å². The number of ether oxygens (including phenoxy) is 2. The van der Waals surface area contributed by atoms with Crippen LogP contribution in [0.15, 0.2) is 0 Å². The Morgan fingerprint density at radius 1 is 1.20 bits per heavy atom. The smallest absolute Gasteiger partial charge is 0.0700 e. The molecule has 0 aromatic heterocycles. The summed E-state index contributed by atoms with van der Waals surface area (Å²) in [5.74, 6) is 0.957. The fraction of sp³-hybridized carbons (Fsp3) is 1.00. The van der Waals surface area contributed by atoms with Crippen molar-refractivity contribution in [3.63, 3.8) is 0 Å². The van der Waals surface area contributed by atoms with E-state index >= 15 is 0 Å². The molecule has 2 unspecified atom stereocenters. The van der Waals surface area contributed by atoms with E-state index in [1.165, 1.54) is 45.3 Å². The molecule has 2 rings (SSSR count). The number of hydrogen-bond donors (Lipinski definition) is 1. The average Bonchev–Trinajstić information content (AvgIpc) is 3.29. The number of piperazine rings is 1. The molecular formula is C16H32N2O2. The fourth-order valence-electron chi connectivity index (χ4n) is 3.20. The van der Waals surface area contributed by atoms with Gasteiger partial charge in [-0.2, -0.15) is 0 Å². The molecule has 2 atom stereocenters. The van der Waals surface area contributed by atoms with Gasteiger partial charge in [0.25, 0.3) is 0 Å². The monoisotopic (exact) mass is 284 g/mol. The third kappa shape index (κ3) is 5.32. The van der Waals surface area contributed by atoms with Crippen molar-refractivity contribution >= 4 is 0 Å². The van der Waals surface area contributed by atoms with E-state index in [-0.39, 0.29) is 0 Å². The van der Waals surface area contributed by atoms with Crippen molar-refractivity contribution in [1.82, 2.24) is 10.2 Å². The Labute approximate surface area is 124 Å². The third-order valence-corrected chi connectivity index (χ3v) is 4.54. The second kappa shape index (κ2) is 8.98. The van der Waals surface area contributed by atoms with Crippen LogP contribution in [0, 0.1) is 5.92 Å². The van der Waals surface area contributed by atoms with Gasteiger partial charge < -0.3 is 14.8 Å². The van der Waals surface area contributed by atoms with Gasteiger partial charge in [0.15, 0.2) is 0 Å². The first-order chi connectivity index (χ1) is 9.85. The highest BCUT2D eigenvalue weighted by Gasteiger charge is 2.36. The van der Waals surface area contributed by atoms with E-state index in [1.54, 1.807) is 7.11 Å². The molecule has 0 amide bonds. The van der Waals surface area contributed by atoms with Gasteiger partial charge in [0.1, 0.15) is 0 Å². The number of nitrogens with zero attached hydrogens (tertiary/aromatic N) is 1. The number of rotatable bonds is 10. The zero-order chi connectivity index (χ0) is 14.2. The van der Waals surface area contributed by atoms with E-state index in [0.29, 0.717) is 6.61 Å². The summed E-state index contributed by atoms with van der Waals surface area (Å²) in [5.41, 5.74) is 0. The molecule has 0 spiro atoms. The second-order valence-corrected chi connectivity index (χ2v) is 6.25. The summed E-state index contributed by atoms with van der Waals surface area (Å²) in [6.45, 7) is 8.19. The molecule has 0 aromatic carbocycles. The SMILES string of the molecule is CCCC1CNC(C2CC2)CN1CCCOCCOC. The van der Waals surface area contributed by atoms with E-state index in [2.05, 4.69) is 17.1 Å². The predicted molar refractivity (Wildman–Crippen MR) is 82.1 cm³/mol. The third-order valence-electron chi connectivity index (χ3n) is 4.54. The van der Waals surface area contributed by atoms with Gasteiger partial charge in [-0.05, 0) is 31.6 Å². The van der Waals surface area contributed by atoms with E-state index in [4.69, 9.17) is 9.47 Å².